The fourth-order valence-corrected chi connectivity index (χ4v) is 7.29. The zero-order valence-corrected chi connectivity index (χ0v) is 15.9. The van der Waals surface area contributed by atoms with E-state index in [4.69, 9.17) is 16.3 Å². The lowest BCUT2D eigenvalue weighted by molar-refractivity contribution is -0.118. The summed E-state index contributed by atoms with van der Waals surface area (Å²) in [7, 11) is -1.56. The molecule has 2 saturated heterocycles. The summed E-state index contributed by atoms with van der Waals surface area (Å²) >= 11 is 7.51. The molecule has 0 unspecified atom stereocenters. The molecule has 3 fully saturated rings. The van der Waals surface area contributed by atoms with E-state index in [1.807, 2.05) is 4.90 Å². The van der Waals surface area contributed by atoms with Gasteiger partial charge >= 0.3 is 0 Å². The number of benzene rings is 1. The smallest absolute Gasteiger partial charge is 0.251 e. The number of ether oxygens (including phenoxy) is 1. The Morgan fingerprint density at radius 1 is 1.36 bits per heavy atom. The topological polar surface area (TPSA) is 76.0 Å². The number of anilines is 1. The Hall–Kier alpha value is -1.25. The normalized spacial score (nSPS) is 29.0. The monoisotopic (exact) mass is 400 g/mol. The molecular weight excluding hydrogens is 384 g/mol. The second-order valence-corrected chi connectivity index (χ2v) is 10.3. The molecule has 4 rings (SSSR count). The van der Waals surface area contributed by atoms with Gasteiger partial charge in [0.2, 0.25) is 0 Å². The van der Waals surface area contributed by atoms with Gasteiger partial charge in [-0.1, -0.05) is 23.4 Å². The van der Waals surface area contributed by atoms with Crippen molar-refractivity contribution in [3.8, 4) is 5.75 Å². The average molecular weight is 401 g/mol. The number of hydrogen-bond donors (Lipinski definition) is 0. The number of carbonyl (C=O) groups excluding carboxylic acids is 1. The van der Waals surface area contributed by atoms with E-state index < -0.39 is 9.84 Å². The molecule has 1 amide bonds. The first-order chi connectivity index (χ1) is 11.9. The number of thioether (sulfide) groups is 1. The highest BCUT2D eigenvalue weighted by molar-refractivity contribution is 8.16. The molecule has 25 heavy (non-hydrogen) atoms. The highest BCUT2D eigenvalue weighted by Crippen LogP contribution is 2.45. The second kappa shape index (κ2) is 6.17. The van der Waals surface area contributed by atoms with Crippen molar-refractivity contribution in [3.63, 3.8) is 0 Å². The molecule has 134 valence electrons. The van der Waals surface area contributed by atoms with Crippen LogP contribution in [0.2, 0.25) is 5.02 Å². The molecular formula is C16H17ClN2O4S2. The number of methoxy groups -OCH3 is 1. The summed E-state index contributed by atoms with van der Waals surface area (Å²) in [5.74, 6) is 0.591. The number of amidine groups is 1. The van der Waals surface area contributed by atoms with Crippen LogP contribution < -0.4 is 9.64 Å². The molecule has 3 aliphatic rings. The molecule has 2 aliphatic heterocycles. The van der Waals surface area contributed by atoms with Crippen molar-refractivity contribution in [3.05, 3.63) is 23.2 Å². The third-order valence-corrected chi connectivity index (χ3v) is 8.04. The molecule has 0 bridgehead atoms. The van der Waals surface area contributed by atoms with Crippen LogP contribution in [0.1, 0.15) is 12.8 Å². The Kier molecular flexibility index (Phi) is 4.24. The maximum Gasteiger partial charge on any atom is 0.251 e. The van der Waals surface area contributed by atoms with Crippen LogP contribution >= 0.6 is 23.4 Å². The van der Waals surface area contributed by atoms with E-state index in [0.29, 0.717) is 21.6 Å². The molecule has 1 saturated carbocycles. The van der Waals surface area contributed by atoms with E-state index in [9.17, 15) is 13.2 Å². The van der Waals surface area contributed by atoms with Crippen molar-refractivity contribution in [1.82, 2.24) is 0 Å². The Bertz CT molecular complexity index is 867. The van der Waals surface area contributed by atoms with Crippen LogP contribution in [0.3, 0.4) is 0 Å². The molecule has 1 aromatic carbocycles. The predicted molar refractivity (Wildman–Crippen MR) is 99.5 cm³/mol. The lowest BCUT2D eigenvalue weighted by atomic mass is 10.2. The number of amides is 1. The third kappa shape index (κ3) is 3.27. The molecule has 0 radical (unpaired) electrons. The molecule has 1 aliphatic carbocycles. The molecule has 2 heterocycles. The first-order valence-electron chi connectivity index (χ1n) is 8.00. The number of nitrogens with zero attached hydrogens (tertiary/aromatic N) is 2. The molecule has 0 spiro atoms. The zero-order chi connectivity index (χ0) is 17.8. The average Bonchev–Trinajstić information content (AvgIpc) is 3.28. The Morgan fingerprint density at radius 3 is 2.80 bits per heavy atom. The molecule has 0 aromatic heterocycles. The van der Waals surface area contributed by atoms with E-state index in [1.165, 1.54) is 11.8 Å². The number of fused-ring (bicyclic) bond motifs is 1. The van der Waals surface area contributed by atoms with Crippen molar-refractivity contribution in [2.24, 2.45) is 10.9 Å². The number of halogens is 1. The van der Waals surface area contributed by atoms with Crippen LogP contribution in [0.4, 0.5) is 5.69 Å². The summed E-state index contributed by atoms with van der Waals surface area (Å²) < 4.78 is 29.6. The predicted octanol–water partition coefficient (Wildman–Crippen LogP) is 2.36. The summed E-state index contributed by atoms with van der Waals surface area (Å²) in [4.78, 5) is 18.3. The third-order valence-electron chi connectivity index (χ3n) is 4.60. The lowest BCUT2D eigenvalue weighted by Gasteiger charge is -2.26. The van der Waals surface area contributed by atoms with Gasteiger partial charge in [-0.3, -0.25) is 4.79 Å². The fraction of sp³-hybridized carbons (Fsp3) is 0.500. The summed E-state index contributed by atoms with van der Waals surface area (Å²) in [6, 6.07) is 4.90. The van der Waals surface area contributed by atoms with Crippen LogP contribution in [0.5, 0.6) is 5.75 Å². The van der Waals surface area contributed by atoms with Gasteiger partial charge in [0.25, 0.3) is 5.91 Å². The van der Waals surface area contributed by atoms with Gasteiger partial charge in [0.15, 0.2) is 15.0 Å². The van der Waals surface area contributed by atoms with Crippen LogP contribution in [-0.2, 0) is 14.6 Å². The number of aliphatic imine (C=N–C) groups is 1. The summed E-state index contributed by atoms with van der Waals surface area (Å²) in [6.45, 7) is 0. The van der Waals surface area contributed by atoms with Crippen molar-refractivity contribution >= 4 is 50.0 Å². The molecule has 2 atom stereocenters. The lowest BCUT2D eigenvalue weighted by Crippen LogP contribution is -2.38. The van der Waals surface area contributed by atoms with Crippen LogP contribution in [-0.4, -0.2) is 49.4 Å². The first kappa shape index (κ1) is 17.2. The van der Waals surface area contributed by atoms with E-state index in [2.05, 4.69) is 4.99 Å². The second-order valence-electron chi connectivity index (χ2n) is 6.49. The standard InChI is InChI=1S/C16H17ClN2O4S2/c1-23-13-5-4-10(17)6-11(13)19-12-7-25(21,22)8-14(12)24-16(19)18-15(20)9-2-3-9/h4-6,9,12,14H,2-3,7-8H2,1H3/t12-,14-/m0/s1. The van der Waals surface area contributed by atoms with Crippen LogP contribution in [0.25, 0.3) is 0 Å². The first-order valence-corrected chi connectivity index (χ1v) is 11.1. The van der Waals surface area contributed by atoms with Gasteiger partial charge in [-0.05, 0) is 31.0 Å². The van der Waals surface area contributed by atoms with E-state index >= 15 is 0 Å². The van der Waals surface area contributed by atoms with E-state index in [1.54, 1.807) is 25.3 Å². The highest BCUT2D eigenvalue weighted by Gasteiger charge is 2.50. The maximum atomic E-state index is 12.2. The van der Waals surface area contributed by atoms with Gasteiger partial charge in [-0.2, -0.15) is 4.99 Å². The van der Waals surface area contributed by atoms with Gasteiger partial charge in [0, 0.05) is 16.2 Å². The Labute approximate surface area is 155 Å². The van der Waals surface area contributed by atoms with Crippen molar-refractivity contribution in [2.75, 3.05) is 23.5 Å². The number of hydrogen-bond acceptors (Lipinski definition) is 5. The van der Waals surface area contributed by atoms with Gasteiger partial charge in [0.1, 0.15) is 5.75 Å². The van der Waals surface area contributed by atoms with Gasteiger partial charge in [0.05, 0.1) is 30.3 Å². The number of sulfone groups is 1. The zero-order valence-electron chi connectivity index (χ0n) is 13.5. The number of carbonyl (C=O) groups is 1. The van der Waals surface area contributed by atoms with Crippen LogP contribution in [0.15, 0.2) is 23.2 Å². The fourth-order valence-electron chi connectivity index (χ4n) is 3.21. The molecule has 6 nitrogen and oxygen atoms in total. The SMILES string of the molecule is COc1ccc(Cl)cc1N1C(=NC(=O)C2CC2)S[C@H]2CS(=O)(=O)C[C@@H]21. The summed E-state index contributed by atoms with van der Waals surface area (Å²) in [5, 5.41) is 0.916. The van der Waals surface area contributed by atoms with Gasteiger partial charge < -0.3 is 9.64 Å². The highest BCUT2D eigenvalue weighted by atomic mass is 35.5. The molecule has 0 N–H and O–H groups in total. The summed E-state index contributed by atoms with van der Waals surface area (Å²) in [6.07, 6.45) is 1.75. The number of rotatable bonds is 3. The largest absolute Gasteiger partial charge is 0.495 e. The molecule has 1 aromatic rings. The molecule has 9 heteroatoms. The quantitative estimate of drug-likeness (QED) is 0.775. The van der Waals surface area contributed by atoms with Gasteiger partial charge in [-0.15, -0.1) is 0 Å². The minimum atomic E-state index is -3.11. The van der Waals surface area contributed by atoms with Crippen molar-refractivity contribution < 1.29 is 17.9 Å². The van der Waals surface area contributed by atoms with Crippen molar-refractivity contribution in [1.29, 1.82) is 0 Å². The Balaban J connectivity index is 1.78. The van der Waals surface area contributed by atoms with Crippen molar-refractivity contribution in [2.45, 2.75) is 24.1 Å². The maximum absolute atomic E-state index is 12.2. The van der Waals surface area contributed by atoms with E-state index in [-0.39, 0.29) is 34.6 Å². The van der Waals surface area contributed by atoms with Gasteiger partial charge in [-0.25, -0.2) is 8.42 Å². The minimum Gasteiger partial charge on any atom is -0.495 e. The Morgan fingerprint density at radius 2 is 2.12 bits per heavy atom. The summed E-state index contributed by atoms with van der Waals surface area (Å²) in [5.41, 5.74) is 0.648. The van der Waals surface area contributed by atoms with Crippen LogP contribution in [0, 0.1) is 5.92 Å². The van der Waals surface area contributed by atoms with E-state index in [0.717, 1.165) is 12.8 Å². The minimum absolute atomic E-state index is 0.0142.